The van der Waals surface area contributed by atoms with Crippen LogP contribution in [0.5, 0.6) is 0 Å². The monoisotopic (exact) mass is 373 g/mol. The molecule has 5 nitrogen and oxygen atoms in total. The van der Waals surface area contributed by atoms with Crippen molar-refractivity contribution < 1.29 is 18.3 Å². The fraction of sp³-hybridized carbons (Fsp3) is 0.450. The van der Waals surface area contributed by atoms with Gasteiger partial charge in [0.25, 0.3) is 0 Å². The lowest BCUT2D eigenvalue weighted by Crippen LogP contribution is -2.48. The van der Waals surface area contributed by atoms with Crippen molar-refractivity contribution in [3.8, 4) is 11.3 Å². The summed E-state index contributed by atoms with van der Waals surface area (Å²) < 4.78 is 33.6. The van der Waals surface area contributed by atoms with E-state index in [1.54, 1.807) is 11.0 Å². The van der Waals surface area contributed by atoms with Gasteiger partial charge in [0.1, 0.15) is 18.2 Å². The molecule has 1 aliphatic heterocycles. The molecule has 1 fully saturated rings. The molecule has 0 N–H and O–H groups in total. The zero-order valence-corrected chi connectivity index (χ0v) is 15.3. The summed E-state index contributed by atoms with van der Waals surface area (Å²) in [6.07, 6.45) is 2.12. The lowest BCUT2D eigenvalue weighted by Gasteiger charge is -2.42. The highest BCUT2D eigenvalue weighted by molar-refractivity contribution is 5.71. The van der Waals surface area contributed by atoms with Crippen molar-refractivity contribution >= 4 is 6.09 Å². The Kier molecular flexibility index (Phi) is 4.32. The third-order valence-corrected chi connectivity index (χ3v) is 5.82. The molecular formula is C20H21F2N3O2. The Morgan fingerprint density at radius 1 is 1.30 bits per heavy atom. The number of carbonyl (C=O) groups excluding carboxylic acids is 1. The van der Waals surface area contributed by atoms with Crippen molar-refractivity contribution in [1.82, 2.24) is 15.1 Å². The van der Waals surface area contributed by atoms with Crippen LogP contribution >= 0.6 is 0 Å². The van der Waals surface area contributed by atoms with E-state index in [0.717, 1.165) is 24.8 Å². The van der Waals surface area contributed by atoms with Crippen LogP contribution in [0.15, 0.2) is 24.3 Å². The number of aromatic nitrogens is 2. The molecule has 0 unspecified atom stereocenters. The molecule has 0 saturated carbocycles. The largest absolute Gasteiger partial charge is 0.448 e. The lowest BCUT2D eigenvalue weighted by atomic mass is 9.74. The number of rotatable bonds is 3. The minimum Gasteiger partial charge on any atom is -0.448 e. The van der Waals surface area contributed by atoms with E-state index in [0.29, 0.717) is 18.8 Å². The van der Waals surface area contributed by atoms with E-state index in [4.69, 9.17) is 4.74 Å². The number of benzene rings is 1. The van der Waals surface area contributed by atoms with Crippen LogP contribution in [0.2, 0.25) is 0 Å². The average molecular weight is 373 g/mol. The molecular weight excluding hydrogens is 352 g/mol. The highest BCUT2D eigenvalue weighted by Gasteiger charge is 2.46. The van der Waals surface area contributed by atoms with Crippen LogP contribution in [-0.4, -0.2) is 34.3 Å². The van der Waals surface area contributed by atoms with Crippen LogP contribution in [0.1, 0.15) is 50.3 Å². The van der Waals surface area contributed by atoms with Crippen molar-refractivity contribution in [2.75, 3.05) is 13.2 Å². The number of amides is 1. The van der Waals surface area contributed by atoms with Crippen LogP contribution in [0.25, 0.3) is 11.3 Å². The predicted molar refractivity (Wildman–Crippen MR) is 95.1 cm³/mol. The Hall–Kier alpha value is -2.57. The van der Waals surface area contributed by atoms with Crippen molar-refractivity contribution in [2.24, 2.45) is 0 Å². The van der Waals surface area contributed by atoms with Gasteiger partial charge in [-0.2, -0.15) is 5.10 Å². The first-order valence-corrected chi connectivity index (χ1v) is 9.22. The van der Waals surface area contributed by atoms with Gasteiger partial charge in [-0.25, -0.2) is 13.6 Å². The highest BCUT2D eigenvalue weighted by atomic mass is 19.1. The second-order valence-electron chi connectivity index (χ2n) is 7.31. The minimum absolute atomic E-state index is 0.171. The van der Waals surface area contributed by atoms with E-state index in [1.807, 2.05) is 6.92 Å². The van der Waals surface area contributed by atoms with Crippen molar-refractivity contribution in [3.05, 3.63) is 47.2 Å². The second-order valence-corrected chi connectivity index (χ2v) is 7.31. The van der Waals surface area contributed by atoms with Gasteiger partial charge in [0.2, 0.25) is 0 Å². The normalized spacial score (nSPS) is 24.7. The Morgan fingerprint density at radius 2 is 2.04 bits per heavy atom. The molecule has 1 aromatic heterocycles. The third-order valence-electron chi connectivity index (χ3n) is 5.82. The molecule has 0 spiro atoms. The van der Waals surface area contributed by atoms with Crippen LogP contribution < -0.4 is 0 Å². The first kappa shape index (κ1) is 17.8. The van der Waals surface area contributed by atoms with Gasteiger partial charge in [0.15, 0.2) is 0 Å². The summed E-state index contributed by atoms with van der Waals surface area (Å²) in [6, 6.07) is 5.48. The summed E-state index contributed by atoms with van der Waals surface area (Å²) >= 11 is 0. The summed E-state index contributed by atoms with van der Waals surface area (Å²) in [4.78, 5) is 13.9. The number of hydrogen-bond acceptors (Lipinski definition) is 4. The van der Waals surface area contributed by atoms with Crippen LogP contribution in [0.3, 0.4) is 0 Å². The topological polar surface area (TPSA) is 55.3 Å². The fourth-order valence-electron chi connectivity index (χ4n) is 4.26. The number of cyclic esters (lactones) is 1. The Morgan fingerprint density at radius 3 is 2.67 bits per heavy atom. The number of carbonyl (C=O) groups is 1. The lowest BCUT2D eigenvalue weighted by molar-refractivity contribution is 0.101. The van der Waals surface area contributed by atoms with Gasteiger partial charge in [0.05, 0.1) is 29.0 Å². The summed E-state index contributed by atoms with van der Waals surface area (Å²) in [6.45, 7) is 4.89. The molecule has 4 rings (SSSR count). The fourth-order valence-corrected chi connectivity index (χ4v) is 4.26. The van der Waals surface area contributed by atoms with E-state index in [2.05, 4.69) is 17.1 Å². The molecule has 142 valence electrons. The van der Waals surface area contributed by atoms with Crippen molar-refractivity contribution in [3.63, 3.8) is 0 Å². The molecule has 0 bridgehead atoms. The maximum Gasteiger partial charge on any atom is 0.410 e. The molecule has 1 amide bonds. The Balaban J connectivity index is 1.85. The minimum atomic E-state index is -0.668. The van der Waals surface area contributed by atoms with Crippen molar-refractivity contribution in [1.29, 1.82) is 0 Å². The van der Waals surface area contributed by atoms with Gasteiger partial charge >= 0.3 is 6.09 Å². The number of hydrogen-bond donors (Lipinski definition) is 0. The number of ether oxygens (including phenoxy) is 1. The van der Waals surface area contributed by atoms with E-state index in [-0.39, 0.29) is 23.3 Å². The number of nitrogens with zero attached hydrogens (tertiary/aromatic N) is 3. The summed E-state index contributed by atoms with van der Waals surface area (Å²) in [5.74, 6) is -1.13. The molecule has 7 heteroatoms. The average Bonchev–Trinajstić information content (AvgIpc) is 3.09. The third kappa shape index (κ3) is 2.76. The van der Waals surface area contributed by atoms with Gasteiger partial charge in [-0.05, 0) is 55.9 Å². The van der Waals surface area contributed by atoms with Gasteiger partial charge in [-0.15, -0.1) is 5.10 Å². The maximum atomic E-state index is 14.2. The smallest absolute Gasteiger partial charge is 0.410 e. The number of halogens is 2. The zero-order valence-electron chi connectivity index (χ0n) is 15.3. The van der Waals surface area contributed by atoms with Crippen molar-refractivity contribution in [2.45, 2.75) is 44.6 Å². The van der Waals surface area contributed by atoms with Gasteiger partial charge < -0.3 is 4.74 Å². The SMILES string of the molecule is CC[C@H]1CC[C@](C)(N2CCOC2=O)c2nnc(-c3c(F)cccc3F)cc21. The molecule has 1 aliphatic carbocycles. The van der Waals surface area contributed by atoms with Gasteiger partial charge in [-0.1, -0.05) is 13.0 Å². The second kappa shape index (κ2) is 6.55. The standard InChI is InChI=1S/C20H21F2N3O2/c1-3-12-7-8-20(2,25-9-10-27-19(25)26)18-13(12)11-16(23-24-18)17-14(21)5-4-6-15(17)22/h4-6,11-12H,3,7-10H2,1-2H3/t12-,20-/m0/s1. The quantitative estimate of drug-likeness (QED) is 0.801. The van der Waals surface area contributed by atoms with E-state index in [9.17, 15) is 13.6 Å². The van der Waals surface area contributed by atoms with E-state index < -0.39 is 17.2 Å². The molecule has 0 radical (unpaired) electrons. The first-order chi connectivity index (χ1) is 13.0. The van der Waals surface area contributed by atoms with Crippen LogP contribution in [0, 0.1) is 11.6 Å². The maximum absolute atomic E-state index is 14.2. The summed E-state index contributed by atoms with van der Waals surface area (Å²) in [7, 11) is 0. The molecule has 1 saturated heterocycles. The van der Waals surface area contributed by atoms with Gasteiger partial charge in [0, 0.05) is 0 Å². The molecule has 2 atom stereocenters. The molecule has 1 aromatic carbocycles. The highest BCUT2D eigenvalue weighted by Crippen LogP contribution is 2.46. The van der Waals surface area contributed by atoms with E-state index in [1.165, 1.54) is 18.2 Å². The van der Waals surface area contributed by atoms with E-state index >= 15 is 0 Å². The first-order valence-electron chi connectivity index (χ1n) is 9.22. The van der Waals surface area contributed by atoms with Crippen LogP contribution in [-0.2, 0) is 10.3 Å². The van der Waals surface area contributed by atoms with Gasteiger partial charge in [-0.3, -0.25) is 4.90 Å². The Labute approximate surface area is 156 Å². The predicted octanol–water partition coefficient (Wildman–Crippen LogP) is 4.38. The molecule has 2 aliphatic rings. The molecule has 2 heterocycles. The van der Waals surface area contributed by atoms with Crippen LogP contribution in [0.4, 0.5) is 13.6 Å². The molecule has 2 aromatic rings. The molecule has 27 heavy (non-hydrogen) atoms. The summed E-state index contributed by atoms with van der Waals surface area (Å²) in [5, 5.41) is 8.51. The summed E-state index contributed by atoms with van der Waals surface area (Å²) in [5.41, 5.74) is 0.971. The zero-order chi connectivity index (χ0) is 19.2. The Bertz CT molecular complexity index is 885. The number of fused-ring (bicyclic) bond motifs is 1.